The topological polar surface area (TPSA) is 109 Å². The van der Waals surface area contributed by atoms with Gasteiger partial charge in [-0.15, -0.1) is 0 Å². The average molecular weight is 498 g/mol. The van der Waals surface area contributed by atoms with E-state index in [4.69, 9.17) is 0 Å². The third-order valence-electron chi connectivity index (χ3n) is 6.52. The number of H-pyrrole nitrogens is 1. The highest BCUT2D eigenvalue weighted by molar-refractivity contribution is 6.31. The predicted molar refractivity (Wildman–Crippen MR) is 143 cm³/mol. The van der Waals surface area contributed by atoms with E-state index in [1.165, 1.54) is 0 Å². The third kappa shape index (κ3) is 3.74. The van der Waals surface area contributed by atoms with Crippen molar-refractivity contribution in [2.24, 2.45) is 0 Å². The Bertz CT molecular complexity index is 1810. The summed E-state index contributed by atoms with van der Waals surface area (Å²) in [6, 6.07) is 29.5. The van der Waals surface area contributed by atoms with Crippen LogP contribution in [0.15, 0.2) is 108 Å². The van der Waals surface area contributed by atoms with E-state index in [1.54, 1.807) is 54.6 Å². The molecular formula is C31H19N3O4. The fourth-order valence-corrected chi connectivity index (χ4v) is 4.79. The highest BCUT2D eigenvalue weighted by Crippen LogP contribution is 2.34. The Morgan fingerprint density at radius 2 is 1.18 bits per heavy atom. The molecule has 0 atom stereocenters. The summed E-state index contributed by atoms with van der Waals surface area (Å²) in [5.74, 6) is -1.40. The van der Waals surface area contributed by atoms with Gasteiger partial charge in [-0.3, -0.25) is 19.2 Å². The fraction of sp³-hybridized carbons (Fsp3) is 0. The number of carbonyl (C=O) groups excluding carboxylic acids is 3. The molecular weight excluding hydrogens is 478 g/mol. The maximum absolute atomic E-state index is 13.8. The largest absolute Gasteiger partial charge is 0.321 e. The monoisotopic (exact) mass is 497 g/mol. The molecule has 38 heavy (non-hydrogen) atoms. The number of anilines is 1. The van der Waals surface area contributed by atoms with Gasteiger partial charge in [-0.1, -0.05) is 97.1 Å². The van der Waals surface area contributed by atoms with Gasteiger partial charge >= 0.3 is 0 Å². The van der Waals surface area contributed by atoms with Gasteiger partial charge in [0.2, 0.25) is 0 Å². The first-order valence-corrected chi connectivity index (χ1v) is 11.9. The number of aromatic nitrogens is 2. The van der Waals surface area contributed by atoms with Crippen LogP contribution in [0.3, 0.4) is 0 Å². The van der Waals surface area contributed by atoms with Gasteiger partial charge < -0.3 is 5.32 Å². The lowest BCUT2D eigenvalue weighted by atomic mass is 9.83. The summed E-state index contributed by atoms with van der Waals surface area (Å²) in [5, 5.41) is 9.46. The normalized spacial score (nSPS) is 12.0. The van der Waals surface area contributed by atoms with Gasteiger partial charge in [0.05, 0.1) is 16.9 Å². The number of hydrogen-bond acceptors (Lipinski definition) is 5. The van der Waals surface area contributed by atoms with E-state index >= 15 is 0 Å². The lowest BCUT2D eigenvalue weighted by Crippen LogP contribution is -2.28. The molecule has 0 radical (unpaired) electrons. The van der Waals surface area contributed by atoms with E-state index < -0.39 is 11.5 Å². The third-order valence-corrected chi connectivity index (χ3v) is 6.52. The maximum atomic E-state index is 13.8. The van der Waals surface area contributed by atoms with Crippen LogP contribution in [0.1, 0.15) is 42.2 Å². The summed E-state index contributed by atoms with van der Waals surface area (Å²) >= 11 is 0. The molecule has 2 N–H and O–H groups in total. The second-order valence-corrected chi connectivity index (χ2v) is 8.77. The van der Waals surface area contributed by atoms with Gasteiger partial charge in [-0.2, -0.15) is 5.10 Å². The van der Waals surface area contributed by atoms with Gasteiger partial charge in [-0.25, -0.2) is 5.10 Å². The molecule has 1 aliphatic rings. The summed E-state index contributed by atoms with van der Waals surface area (Å²) in [6.07, 6.45) is 0. The summed E-state index contributed by atoms with van der Waals surface area (Å²) in [7, 11) is 0. The van der Waals surface area contributed by atoms with Crippen molar-refractivity contribution in [2.75, 3.05) is 5.32 Å². The lowest BCUT2D eigenvalue weighted by molar-refractivity contribution is 0.0978. The highest BCUT2D eigenvalue weighted by Gasteiger charge is 2.32. The van der Waals surface area contributed by atoms with Crippen LogP contribution < -0.4 is 10.9 Å². The van der Waals surface area contributed by atoms with Crippen LogP contribution >= 0.6 is 0 Å². The number of nitrogens with zero attached hydrogens (tertiary/aromatic N) is 1. The zero-order valence-electron chi connectivity index (χ0n) is 19.9. The number of rotatable bonds is 4. The van der Waals surface area contributed by atoms with E-state index in [0.29, 0.717) is 27.9 Å². The number of carbonyl (C=O) groups is 3. The minimum Gasteiger partial charge on any atom is -0.321 e. The number of benzene rings is 4. The maximum Gasteiger partial charge on any atom is 0.277 e. The van der Waals surface area contributed by atoms with Crippen LogP contribution in [0.5, 0.6) is 0 Å². The summed E-state index contributed by atoms with van der Waals surface area (Å²) < 4.78 is 0. The van der Waals surface area contributed by atoms with Crippen molar-refractivity contribution in [1.82, 2.24) is 10.2 Å². The van der Waals surface area contributed by atoms with Crippen LogP contribution in [0.25, 0.3) is 22.4 Å². The van der Waals surface area contributed by atoms with Gasteiger partial charge in [0.15, 0.2) is 11.6 Å². The van der Waals surface area contributed by atoms with Crippen molar-refractivity contribution in [3.63, 3.8) is 0 Å². The quantitative estimate of drug-likeness (QED) is 0.351. The first-order chi connectivity index (χ1) is 18.5. The number of hydrogen-bond donors (Lipinski definition) is 2. The van der Waals surface area contributed by atoms with E-state index in [-0.39, 0.29) is 39.5 Å². The second kappa shape index (κ2) is 9.22. The van der Waals surface area contributed by atoms with E-state index in [9.17, 15) is 19.2 Å². The molecule has 5 aromatic rings. The van der Waals surface area contributed by atoms with Gasteiger partial charge in [0.25, 0.3) is 11.5 Å². The van der Waals surface area contributed by atoms with Crippen molar-refractivity contribution >= 4 is 23.2 Å². The molecule has 0 unspecified atom stereocenters. The molecule has 0 bridgehead atoms. The van der Waals surface area contributed by atoms with Crippen LogP contribution in [0.2, 0.25) is 0 Å². The molecule has 1 aliphatic carbocycles. The van der Waals surface area contributed by atoms with Gasteiger partial charge in [-0.05, 0) is 11.6 Å². The smallest absolute Gasteiger partial charge is 0.277 e. The summed E-state index contributed by atoms with van der Waals surface area (Å²) in [6.45, 7) is 0. The number of nitrogens with one attached hydrogen (secondary N) is 2. The van der Waals surface area contributed by atoms with Crippen LogP contribution in [-0.2, 0) is 0 Å². The zero-order chi connectivity index (χ0) is 26.2. The Labute approximate surface area is 216 Å². The van der Waals surface area contributed by atoms with Gasteiger partial charge in [0, 0.05) is 27.8 Å². The van der Waals surface area contributed by atoms with Crippen molar-refractivity contribution in [3.8, 4) is 22.4 Å². The molecule has 4 aromatic carbocycles. The SMILES string of the molecule is O=C1c2ccccc2C(=O)c2c(NC(=O)c3c(-c4ccccc4)c(-c4ccccc4)n[nH]c3=O)cccc21. The molecule has 0 fully saturated rings. The number of amides is 1. The fourth-order valence-electron chi connectivity index (χ4n) is 4.79. The first-order valence-electron chi connectivity index (χ1n) is 11.9. The molecule has 1 aromatic heterocycles. The Morgan fingerprint density at radius 3 is 1.87 bits per heavy atom. The Balaban J connectivity index is 1.50. The molecule has 0 aliphatic heterocycles. The number of fused-ring (bicyclic) bond motifs is 2. The number of ketones is 2. The molecule has 6 rings (SSSR count). The molecule has 1 amide bonds. The molecule has 0 saturated heterocycles. The molecule has 7 heteroatoms. The lowest BCUT2D eigenvalue weighted by Gasteiger charge is -2.20. The van der Waals surface area contributed by atoms with Crippen molar-refractivity contribution in [3.05, 3.63) is 141 Å². The average Bonchev–Trinajstić information content (AvgIpc) is 2.96. The molecule has 182 valence electrons. The van der Waals surface area contributed by atoms with Crippen LogP contribution in [0, 0.1) is 0 Å². The number of aromatic amines is 1. The standard InChI is InChI=1S/C31H19N3O4/c35-28-20-14-7-8-15-21(20)29(36)25-22(28)16-9-17-23(25)32-30(37)26-24(18-10-3-1-4-11-18)27(33-34-31(26)38)19-12-5-2-6-13-19/h1-17H,(H,32,37)(H,34,38). The zero-order valence-corrected chi connectivity index (χ0v) is 19.9. The van der Waals surface area contributed by atoms with E-state index in [2.05, 4.69) is 15.5 Å². The first kappa shape index (κ1) is 23.0. The van der Waals surface area contributed by atoms with Crippen molar-refractivity contribution in [2.45, 2.75) is 0 Å². The summed E-state index contributed by atoms with van der Waals surface area (Å²) in [5.41, 5.74) is 2.32. The second-order valence-electron chi connectivity index (χ2n) is 8.77. The Hall–Kier alpha value is -5.43. The minimum atomic E-state index is -0.725. The highest BCUT2D eigenvalue weighted by atomic mass is 16.2. The predicted octanol–water partition coefficient (Wildman–Crippen LogP) is 5.13. The Morgan fingerprint density at radius 1 is 0.605 bits per heavy atom. The van der Waals surface area contributed by atoms with Crippen LogP contribution in [0.4, 0.5) is 5.69 Å². The molecule has 1 heterocycles. The van der Waals surface area contributed by atoms with Gasteiger partial charge in [0.1, 0.15) is 5.56 Å². The van der Waals surface area contributed by atoms with Crippen molar-refractivity contribution < 1.29 is 14.4 Å². The van der Waals surface area contributed by atoms with Crippen LogP contribution in [-0.4, -0.2) is 27.7 Å². The van der Waals surface area contributed by atoms with Crippen molar-refractivity contribution in [1.29, 1.82) is 0 Å². The Kier molecular flexibility index (Phi) is 5.58. The molecule has 7 nitrogen and oxygen atoms in total. The van der Waals surface area contributed by atoms with E-state index in [0.717, 1.165) is 0 Å². The molecule has 0 saturated carbocycles. The molecule has 0 spiro atoms. The van der Waals surface area contributed by atoms with E-state index in [1.807, 2.05) is 48.5 Å². The summed E-state index contributed by atoms with van der Waals surface area (Å²) in [4.78, 5) is 53.4. The minimum absolute atomic E-state index is 0.0968.